The summed E-state index contributed by atoms with van der Waals surface area (Å²) in [5, 5.41) is 13.5. The molecule has 1 saturated heterocycles. The van der Waals surface area contributed by atoms with Crippen LogP contribution in [0.1, 0.15) is 51.7 Å². The smallest absolute Gasteiger partial charge is 0.150 e. The van der Waals surface area contributed by atoms with Crippen molar-refractivity contribution in [1.29, 1.82) is 5.41 Å². The normalized spacial score (nSPS) is 17.7. The lowest BCUT2D eigenvalue weighted by Gasteiger charge is -2.54. The molecule has 2 fully saturated rings. The summed E-state index contributed by atoms with van der Waals surface area (Å²) in [7, 11) is 1.70. The predicted octanol–water partition coefficient (Wildman–Crippen LogP) is 4.46. The van der Waals surface area contributed by atoms with E-state index in [1.165, 1.54) is 19.1 Å². The largest absolute Gasteiger partial charge is 0.385 e. The lowest BCUT2D eigenvalue weighted by molar-refractivity contribution is 0.000574. The fraction of sp³-hybridized carbons (Fsp3) is 0.632. The molecule has 0 atom stereocenters. The van der Waals surface area contributed by atoms with E-state index in [1.54, 1.807) is 7.05 Å². The Morgan fingerprint density at radius 3 is 2.30 bits per heavy atom. The van der Waals surface area contributed by atoms with Crippen LogP contribution < -0.4 is 10.6 Å². The summed E-state index contributed by atoms with van der Waals surface area (Å²) in [6, 6.07) is 3.66. The minimum atomic E-state index is -0.184. The van der Waals surface area contributed by atoms with E-state index >= 15 is 0 Å². The summed E-state index contributed by atoms with van der Waals surface area (Å²) in [6.07, 6.45) is 4.46. The Labute approximate surface area is 140 Å². The van der Waals surface area contributed by atoms with Gasteiger partial charge in [-0.25, -0.2) is 4.39 Å². The maximum atomic E-state index is 14.4. The van der Waals surface area contributed by atoms with Gasteiger partial charge < -0.3 is 16.0 Å². The Balaban J connectivity index is 0.000000615. The van der Waals surface area contributed by atoms with E-state index in [4.69, 9.17) is 5.41 Å². The molecular weight excluding hydrogens is 289 g/mol. The minimum absolute atomic E-state index is 0.184. The van der Waals surface area contributed by atoms with E-state index in [0.29, 0.717) is 22.6 Å². The van der Waals surface area contributed by atoms with Gasteiger partial charge in [0.2, 0.25) is 0 Å². The lowest BCUT2D eigenvalue weighted by Crippen LogP contribution is -2.60. The highest BCUT2D eigenvalue weighted by atomic mass is 19.1. The highest BCUT2D eigenvalue weighted by Crippen LogP contribution is 2.49. The van der Waals surface area contributed by atoms with Crippen LogP contribution in [0.4, 0.5) is 10.1 Å². The van der Waals surface area contributed by atoms with Crippen LogP contribution >= 0.6 is 0 Å². The maximum Gasteiger partial charge on any atom is 0.150 e. The molecule has 1 saturated carbocycles. The second kappa shape index (κ2) is 9.02. The van der Waals surface area contributed by atoms with Crippen molar-refractivity contribution in [2.75, 3.05) is 25.5 Å². The zero-order valence-electron chi connectivity index (χ0n) is 15.2. The van der Waals surface area contributed by atoms with Crippen LogP contribution in [-0.4, -0.2) is 26.4 Å². The monoisotopic (exact) mass is 321 g/mol. The van der Waals surface area contributed by atoms with Gasteiger partial charge in [-0.05, 0) is 36.2 Å². The lowest BCUT2D eigenvalue weighted by atomic mass is 9.57. The Hall–Kier alpha value is -1.42. The first-order valence-electron chi connectivity index (χ1n) is 8.88. The summed E-state index contributed by atoms with van der Waals surface area (Å²) in [4.78, 5) is 0. The molecule has 0 unspecified atom stereocenters. The maximum absolute atomic E-state index is 14.4. The first kappa shape index (κ1) is 19.6. The molecule has 3 rings (SSSR count). The number of hydrogen-bond donors (Lipinski definition) is 3. The molecule has 23 heavy (non-hydrogen) atoms. The Kier molecular flexibility index (Phi) is 7.69. The molecule has 1 aliphatic carbocycles. The van der Waals surface area contributed by atoms with Crippen molar-refractivity contribution in [3.05, 3.63) is 29.1 Å². The highest BCUT2D eigenvalue weighted by molar-refractivity contribution is 5.86. The van der Waals surface area contributed by atoms with Crippen molar-refractivity contribution < 1.29 is 4.39 Å². The van der Waals surface area contributed by atoms with Crippen LogP contribution in [-0.2, 0) is 6.42 Å². The van der Waals surface area contributed by atoms with Gasteiger partial charge in [-0.2, -0.15) is 0 Å². The van der Waals surface area contributed by atoms with E-state index in [0.717, 1.165) is 25.1 Å². The van der Waals surface area contributed by atoms with E-state index in [2.05, 4.69) is 10.6 Å². The Morgan fingerprint density at radius 1 is 1.26 bits per heavy atom. The van der Waals surface area contributed by atoms with E-state index in [9.17, 15) is 4.39 Å². The van der Waals surface area contributed by atoms with Gasteiger partial charge in [0, 0.05) is 31.9 Å². The van der Waals surface area contributed by atoms with Gasteiger partial charge in [0.1, 0.15) is 5.82 Å². The van der Waals surface area contributed by atoms with Gasteiger partial charge in [-0.15, -0.1) is 0 Å². The van der Waals surface area contributed by atoms with Crippen LogP contribution in [0.5, 0.6) is 0 Å². The quantitative estimate of drug-likeness (QED) is 0.717. The summed E-state index contributed by atoms with van der Waals surface area (Å²) in [6.45, 7) is 10.3. The Morgan fingerprint density at radius 2 is 1.87 bits per heavy atom. The molecular formula is C19H32FN3. The third-order valence-electron chi connectivity index (χ3n) is 4.61. The summed E-state index contributed by atoms with van der Waals surface area (Å²) in [5.74, 6) is 0.434. The molecule has 1 spiro atoms. The first-order valence-corrected chi connectivity index (χ1v) is 8.88. The number of benzene rings is 1. The molecule has 3 N–H and O–H groups in total. The molecule has 1 aromatic rings. The van der Waals surface area contributed by atoms with Crippen LogP contribution in [0.3, 0.4) is 0 Å². The van der Waals surface area contributed by atoms with Crippen molar-refractivity contribution in [1.82, 2.24) is 5.32 Å². The summed E-state index contributed by atoms with van der Waals surface area (Å²) in [5.41, 5.74) is 2.38. The van der Waals surface area contributed by atoms with Crippen molar-refractivity contribution in [2.24, 2.45) is 11.3 Å². The molecule has 4 heteroatoms. The fourth-order valence-corrected chi connectivity index (χ4v) is 3.55. The minimum Gasteiger partial charge on any atom is -0.385 e. The van der Waals surface area contributed by atoms with Crippen molar-refractivity contribution in [2.45, 2.75) is 47.0 Å². The topological polar surface area (TPSA) is 47.9 Å². The molecule has 3 nitrogen and oxygen atoms in total. The third-order valence-corrected chi connectivity index (χ3v) is 4.61. The van der Waals surface area contributed by atoms with Crippen molar-refractivity contribution >= 4 is 11.9 Å². The molecule has 0 radical (unpaired) electrons. The first-order chi connectivity index (χ1) is 11.2. The second-order valence-corrected chi connectivity index (χ2v) is 5.98. The number of halogens is 1. The zero-order chi connectivity index (χ0) is 17.5. The second-order valence-electron chi connectivity index (χ2n) is 5.98. The van der Waals surface area contributed by atoms with E-state index < -0.39 is 0 Å². The Bertz CT molecular complexity index is 502. The molecule has 1 aliphatic heterocycles. The predicted molar refractivity (Wildman–Crippen MR) is 98.3 cm³/mol. The van der Waals surface area contributed by atoms with Crippen molar-refractivity contribution in [3.63, 3.8) is 0 Å². The zero-order valence-corrected chi connectivity index (χ0v) is 15.2. The average molecular weight is 321 g/mol. The van der Waals surface area contributed by atoms with E-state index in [-0.39, 0.29) is 5.82 Å². The van der Waals surface area contributed by atoms with Crippen LogP contribution in [0.25, 0.3) is 0 Å². The molecule has 2 aliphatic rings. The number of rotatable bonds is 4. The third kappa shape index (κ3) is 4.11. The molecule has 130 valence electrons. The van der Waals surface area contributed by atoms with Gasteiger partial charge >= 0.3 is 0 Å². The SMILES string of the molecule is CC.CC.CNc1c(C=N)ccc(CC2CC3(CNC3)C2)c1F. The standard InChI is InChI=1S/C15H20FN3.2C2H6/c1-18-14-12(7-17)3-2-11(13(14)16)4-10-5-15(6-10)8-19-9-15;2*1-2/h2-3,7,10,17-19H,4-6,8-9H2,1H3;2*1-2H3. The highest BCUT2D eigenvalue weighted by Gasteiger charge is 2.48. The van der Waals surface area contributed by atoms with Gasteiger partial charge in [0.15, 0.2) is 0 Å². The number of anilines is 1. The average Bonchev–Trinajstić information content (AvgIpc) is 2.53. The van der Waals surface area contributed by atoms with Crippen molar-refractivity contribution in [3.8, 4) is 0 Å². The van der Waals surface area contributed by atoms with E-state index in [1.807, 2.05) is 39.8 Å². The number of hydrogen-bond acceptors (Lipinski definition) is 3. The summed E-state index contributed by atoms with van der Waals surface area (Å²) < 4.78 is 14.4. The molecule has 1 heterocycles. The number of nitrogens with one attached hydrogen (secondary N) is 3. The van der Waals surface area contributed by atoms with Gasteiger partial charge in [0.25, 0.3) is 0 Å². The molecule has 0 amide bonds. The van der Waals surface area contributed by atoms with Crippen LogP contribution in [0.15, 0.2) is 12.1 Å². The van der Waals surface area contributed by atoms with Crippen LogP contribution in [0, 0.1) is 22.6 Å². The molecule has 0 bridgehead atoms. The molecule has 0 aromatic heterocycles. The molecule has 1 aromatic carbocycles. The summed E-state index contributed by atoms with van der Waals surface area (Å²) >= 11 is 0. The van der Waals surface area contributed by atoms with Gasteiger partial charge in [-0.3, -0.25) is 0 Å². The van der Waals surface area contributed by atoms with Crippen LogP contribution in [0.2, 0.25) is 0 Å². The van der Waals surface area contributed by atoms with Gasteiger partial charge in [0.05, 0.1) is 5.69 Å². The fourth-order valence-electron chi connectivity index (χ4n) is 3.55. The van der Waals surface area contributed by atoms with Gasteiger partial charge in [-0.1, -0.05) is 39.8 Å².